The lowest BCUT2D eigenvalue weighted by Crippen LogP contribution is -2.29. The molecule has 0 atom stereocenters. The van der Waals surface area contributed by atoms with Crippen molar-refractivity contribution in [1.82, 2.24) is 4.31 Å². The van der Waals surface area contributed by atoms with E-state index in [1.54, 1.807) is 18.4 Å². The smallest absolute Gasteiger partial charge is 0.242 e. The minimum atomic E-state index is -3.59. The Hall–Kier alpha value is -1.99. The molecule has 2 aromatic rings. The average molecular weight is 325 g/mol. The van der Waals surface area contributed by atoms with Crippen LogP contribution in [0.15, 0.2) is 45.9 Å². The molecule has 6 nitrogen and oxygen atoms in total. The minimum Gasteiger partial charge on any atom is -0.493 e. The molecule has 1 aromatic heterocycles. The summed E-state index contributed by atoms with van der Waals surface area (Å²) in [7, 11) is 0.912. The van der Waals surface area contributed by atoms with Gasteiger partial charge in [0.25, 0.3) is 0 Å². The summed E-state index contributed by atoms with van der Waals surface area (Å²) in [6.07, 6.45) is 2.08. The Kier molecular flexibility index (Phi) is 5.10. The summed E-state index contributed by atoms with van der Waals surface area (Å²) in [5, 5.41) is 0. The molecule has 0 spiro atoms. The number of nitrogens with zero attached hydrogens (tertiary/aromatic N) is 1. The first-order chi connectivity index (χ1) is 10.5. The van der Waals surface area contributed by atoms with Crippen molar-refractivity contribution in [2.75, 3.05) is 27.8 Å². The van der Waals surface area contributed by atoms with Gasteiger partial charge in [0.1, 0.15) is 5.76 Å². The predicted octanol–water partition coefficient (Wildman–Crippen LogP) is 2.16. The first-order valence-electron chi connectivity index (χ1n) is 6.69. The molecule has 22 heavy (non-hydrogen) atoms. The molecule has 0 radical (unpaired) electrons. The molecular formula is C15H19NO5S. The minimum absolute atomic E-state index is 0.159. The molecule has 0 bridgehead atoms. The van der Waals surface area contributed by atoms with Crippen LogP contribution in [-0.2, 0) is 16.4 Å². The SMILES string of the molecule is COc1ccc(S(=O)(=O)N(C)CCc2ccco2)cc1OC. The summed E-state index contributed by atoms with van der Waals surface area (Å²) in [6.45, 7) is 0.324. The summed E-state index contributed by atoms with van der Waals surface area (Å²) in [5.41, 5.74) is 0. The van der Waals surface area contributed by atoms with Gasteiger partial charge < -0.3 is 13.9 Å². The van der Waals surface area contributed by atoms with E-state index in [2.05, 4.69) is 0 Å². The molecule has 0 amide bonds. The molecule has 0 fully saturated rings. The van der Waals surface area contributed by atoms with E-state index >= 15 is 0 Å². The van der Waals surface area contributed by atoms with Gasteiger partial charge in [-0.3, -0.25) is 0 Å². The standard InChI is InChI=1S/C15H19NO5S/c1-16(9-8-12-5-4-10-21-12)22(17,18)13-6-7-14(19-2)15(11-13)20-3/h4-7,10-11H,8-9H2,1-3H3. The number of hydrogen-bond donors (Lipinski definition) is 0. The van der Waals surface area contributed by atoms with E-state index < -0.39 is 10.0 Å². The van der Waals surface area contributed by atoms with E-state index in [1.165, 1.54) is 37.7 Å². The summed E-state index contributed by atoms with van der Waals surface area (Å²) in [6, 6.07) is 8.12. The molecule has 0 aliphatic rings. The van der Waals surface area contributed by atoms with Crippen molar-refractivity contribution in [3.63, 3.8) is 0 Å². The Bertz CT molecular complexity index is 710. The van der Waals surface area contributed by atoms with Crippen LogP contribution in [0.2, 0.25) is 0 Å². The highest BCUT2D eigenvalue weighted by Crippen LogP contribution is 2.30. The zero-order valence-electron chi connectivity index (χ0n) is 12.8. The number of furan rings is 1. The number of hydrogen-bond acceptors (Lipinski definition) is 5. The molecule has 0 saturated carbocycles. The molecule has 0 unspecified atom stereocenters. The molecule has 2 rings (SSSR count). The van der Waals surface area contributed by atoms with Gasteiger partial charge >= 0.3 is 0 Å². The molecule has 120 valence electrons. The lowest BCUT2D eigenvalue weighted by atomic mass is 10.3. The van der Waals surface area contributed by atoms with Gasteiger partial charge in [-0.15, -0.1) is 0 Å². The van der Waals surface area contributed by atoms with Crippen molar-refractivity contribution >= 4 is 10.0 Å². The van der Waals surface area contributed by atoms with E-state index in [4.69, 9.17) is 13.9 Å². The molecule has 0 saturated heterocycles. The third-order valence-electron chi connectivity index (χ3n) is 3.32. The van der Waals surface area contributed by atoms with E-state index in [0.717, 1.165) is 5.76 Å². The van der Waals surface area contributed by atoms with Crippen LogP contribution >= 0.6 is 0 Å². The molecule has 0 aliphatic carbocycles. The van der Waals surface area contributed by atoms with Gasteiger partial charge in [0.15, 0.2) is 11.5 Å². The van der Waals surface area contributed by atoms with Gasteiger partial charge in [0, 0.05) is 26.1 Å². The Morgan fingerprint density at radius 3 is 2.45 bits per heavy atom. The fourth-order valence-electron chi connectivity index (χ4n) is 2.00. The number of ether oxygens (including phenoxy) is 2. The second-order valence-electron chi connectivity index (χ2n) is 4.67. The lowest BCUT2D eigenvalue weighted by molar-refractivity contribution is 0.353. The van der Waals surface area contributed by atoms with Gasteiger partial charge in [-0.05, 0) is 24.3 Å². The monoisotopic (exact) mass is 325 g/mol. The number of likely N-dealkylation sites (N-methyl/N-ethyl adjacent to an activating group) is 1. The fraction of sp³-hybridized carbons (Fsp3) is 0.333. The second-order valence-corrected chi connectivity index (χ2v) is 6.72. The summed E-state index contributed by atoms with van der Waals surface area (Å²) in [4.78, 5) is 0.159. The van der Waals surface area contributed by atoms with Crippen molar-refractivity contribution in [2.24, 2.45) is 0 Å². The Morgan fingerprint density at radius 1 is 1.14 bits per heavy atom. The van der Waals surface area contributed by atoms with Gasteiger partial charge in [-0.25, -0.2) is 12.7 Å². The first-order valence-corrected chi connectivity index (χ1v) is 8.14. The summed E-state index contributed by atoms with van der Waals surface area (Å²) < 4.78 is 41.9. The van der Waals surface area contributed by atoms with Gasteiger partial charge in [-0.2, -0.15) is 0 Å². The van der Waals surface area contributed by atoms with Crippen LogP contribution in [0.4, 0.5) is 0 Å². The molecular weight excluding hydrogens is 306 g/mol. The fourth-order valence-corrected chi connectivity index (χ4v) is 3.19. The van der Waals surface area contributed by atoms with Gasteiger partial charge in [0.05, 0.1) is 25.4 Å². The molecule has 0 aliphatic heterocycles. The first kappa shape index (κ1) is 16.4. The maximum atomic E-state index is 12.6. The topological polar surface area (TPSA) is 69.0 Å². The van der Waals surface area contributed by atoms with Crippen LogP contribution in [0.3, 0.4) is 0 Å². The zero-order valence-corrected chi connectivity index (χ0v) is 13.6. The van der Waals surface area contributed by atoms with Crippen molar-refractivity contribution in [3.05, 3.63) is 42.4 Å². The summed E-state index contributed by atoms with van der Waals surface area (Å²) in [5.74, 6) is 1.61. The highest BCUT2D eigenvalue weighted by Gasteiger charge is 2.22. The molecule has 1 heterocycles. The van der Waals surface area contributed by atoms with Crippen LogP contribution < -0.4 is 9.47 Å². The number of sulfonamides is 1. The average Bonchev–Trinajstić information content (AvgIpc) is 3.05. The quantitative estimate of drug-likeness (QED) is 0.780. The van der Waals surface area contributed by atoms with E-state index in [0.29, 0.717) is 24.5 Å². The second kappa shape index (κ2) is 6.85. The lowest BCUT2D eigenvalue weighted by Gasteiger charge is -2.17. The van der Waals surface area contributed by atoms with Crippen LogP contribution in [0.25, 0.3) is 0 Å². The van der Waals surface area contributed by atoms with Gasteiger partial charge in [-0.1, -0.05) is 0 Å². The highest BCUT2D eigenvalue weighted by molar-refractivity contribution is 7.89. The van der Waals surface area contributed by atoms with Gasteiger partial charge in [0.2, 0.25) is 10.0 Å². The number of methoxy groups -OCH3 is 2. The van der Waals surface area contributed by atoms with E-state index in [9.17, 15) is 8.42 Å². The van der Waals surface area contributed by atoms with Crippen molar-refractivity contribution < 1.29 is 22.3 Å². The number of rotatable bonds is 7. The maximum Gasteiger partial charge on any atom is 0.242 e. The summed E-state index contributed by atoms with van der Waals surface area (Å²) >= 11 is 0. The normalized spacial score (nSPS) is 11.6. The van der Waals surface area contributed by atoms with Crippen LogP contribution in [0.1, 0.15) is 5.76 Å². The van der Waals surface area contributed by atoms with Crippen molar-refractivity contribution in [3.8, 4) is 11.5 Å². The highest BCUT2D eigenvalue weighted by atomic mass is 32.2. The number of benzene rings is 1. The Balaban J connectivity index is 2.18. The van der Waals surface area contributed by atoms with Crippen molar-refractivity contribution in [2.45, 2.75) is 11.3 Å². The van der Waals surface area contributed by atoms with Crippen LogP contribution in [0, 0.1) is 0 Å². The molecule has 7 heteroatoms. The van der Waals surface area contributed by atoms with E-state index in [1.807, 2.05) is 6.07 Å². The largest absolute Gasteiger partial charge is 0.493 e. The molecule has 1 aromatic carbocycles. The van der Waals surface area contributed by atoms with Crippen LogP contribution in [-0.4, -0.2) is 40.5 Å². The maximum absolute atomic E-state index is 12.6. The zero-order chi connectivity index (χ0) is 16.2. The van der Waals surface area contributed by atoms with Crippen molar-refractivity contribution in [1.29, 1.82) is 0 Å². The Morgan fingerprint density at radius 2 is 1.86 bits per heavy atom. The van der Waals surface area contributed by atoms with Crippen LogP contribution in [0.5, 0.6) is 11.5 Å². The third kappa shape index (κ3) is 3.42. The Labute approximate surface area is 130 Å². The third-order valence-corrected chi connectivity index (χ3v) is 5.17. The predicted molar refractivity (Wildman–Crippen MR) is 81.8 cm³/mol. The van der Waals surface area contributed by atoms with E-state index in [-0.39, 0.29) is 4.90 Å². The molecule has 0 N–H and O–H groups in total.